The SMILES string of the molecule is FC(F)(F)C(Oc1ccncn1)c1ccc(-c2ccccc2)o1. The number of alkyl halides is 3. The van der Waals surface area contributed by atoms with Crippen molar-refractivity contribution in [1.82, 2.24) is 9.97 Å². The van der Waals surface area contributed by atoms with Crippen LogP contribution in [0.5, 0.6) is 5.88 Å². The number of aromatic nitrogens is 2. The van der Waals surface area contributed by atoms with E-state index in [1.54, 1.807) is 24.3 Å². The van der Waals surface area contributed by atoms with Crippen molar-refractivity contribution in [3.8, 4) is 17.2 Å². The van der Waals surface area contributed by atoms with E-state index >= 15 is 0 Å². The molecule has 0 N–H and O–H groups in total. The average molecular weight is 320 g/mol. The van der Waals surface area contributed by atoms with Gasteiger partial charge in [0.2, 0.25) is 5.88 Å². The van der Waals surface area contributed by atoms with Gasteiger partial charge in [0.05, 0.1) is 0 Å². The van der Waals surface area contributed by atoms with Crippen LogP contribution in [0.25, 0.3) is 11.3 Å². The molecular weight excluding hydrogens is 309 g/mol. The van der Waals surface area contributed by atoms with Gasteiger partial charge in [-0.25, -0.2) is 9.97 Å². The van der Waals surface area contributed by atoms with E-state index < -0.39 is 12.3 Å². The fourth-order valence-corrected chi connectivity index (χ4v) is 2.01. The maximum Gasteiger partial charge on any atom is 0.432 e. The number of ether oxygens (including phenoxy) is 1. The highest BCUT2D eigenvalue weighted by Crippen LogP contribution is 2.38. The van der Waals surface area contributed by atoms with Crippen LogP contribution in [0.1, 0.15) is 11.9 Å². The molecule has 23 heavy (non-hydrogen) atoms. The standard InChI is InChI=1S/C16H11F3N2O2/c17-16(18,19)15(23-14-8-9-20-10-21-14)13-7-6-12(22-13)11-4-2-1-3-5-11/h1-10,15H. The molecule has 2 aromatic heterocycles. The van der Waals surface area contributed by atoms with Crippen LogP contribution in [-0.4, -0.2) is 16.1 Å². The van der Waals surface area contributed by atoms with Crippen molar-refractivity contribution >= 4 is 0 Å². The highest BCUT2D eigenvalue weighted by Gasteiger charge is 2.45. The zero-order valence-electron chi connectivity index (χ0n) is 11.7. The minimum absolute atomic E-state index is 0.181. The molecule has 0 amide bonds. The van der Waals surface area contributed by atoms with Gasteiger partial charge in [-0.2, -0.15) is 13.2 Å². The summed E-state index contributed by atoms with van der Waals surface area (Å²) in [5.74, 6) is -0.184. The Labute approximate surface area is 129 Å². The highest BCUT2D eigenvalue weighted by molar-refractivity contribution is 5.57. The minimum Gasteiger partial charge on any atom is -0.457 e. The van der Waals surface area contributed by atoms with Crippen molar-refractivity contribution in [2.75, 3.05) is 0 Å². The summed E-state index contributed by atoms with van der Waals surface area (Å²) in [6, 6.07) is 12.8. The predicted molar refractivity (Wildman–Crippen MR) is 75.6 cm³/mol. The molecule has 0 radical (unpaired) electrons. The van der Waals surface area contributed by atoms with Gasteiger partial charge < -0.3 is 9.15 Å². The molecule has 0 aliphatic carbocycles. The fraction of sp³-hybridized carbons (Fsp3) is 0.125. The number of nitrogens with zero attached hydrogens (tertiary/aromatic N) is 2. The molecule has 1 aromatic carbocycles. The van der Waals surface area contributed by atoms with Gasteiger partial charge in [0.25, 0.3) is 6.10 Å². The molecule has 1 atom stereocenters. The van der Waals surface area contributed by atoms with E-state index in [1.807, 2.05) is 6.07 Å². The van der Waals surface area contributed by atoms with E-state index in [-0.39, 0.29) is 11.6 Å². The molecule has 0 saturated carbocycles. The maximum atomic E-state index is 13.3. The Bertz CT molecular complexity index is 758. The molecule has 3 rings (SSSR count). The first-order valence-corrected chi connectivity index (χ1v) is 6.68. The molecule has 3 aromatic rings. The van der Waals surface area contributed by atoms with Crippen molar-refractivity contribution in [1.29, 1.82) is 0 Å². The number of benzene rings is 1. The van der Waals surface area contributed by atoms with Crippen molar-refractivity contribution in [2.45, 2.75) is 12.3 Å². The van der Waals surface area contributed by atoms with Crippen LogP contribution < -0.4 is 4.74 Å². The first-order chi connectivity index (χ1) is 11.0. The molecule has 2 heterocycles. The molecule has 0 bridgehead atoms. The topological polar surface area (TPSA) is 48.2 Å². The van der Waals surface area contributed by atoms with Gasteiger partial charge in [0.15, 0.2) is 5.76 Å². The zero-order chi connectivity index (χ0) is 16.3. The number of furan rings is 1. The van der Waals surface area contributed by atoms with Crippen molar-refractivity contribution < 1.29 is 22.3 Å². The van der Waals surface area contributed by atoms with Gasteiger partial charge in [-0.1, -0.05) is 30.3 Å². The summed E-state index contributed by atoms with van der Waals surface area (Å²) >= 11 is 0. The second-order valence-corrected chi connectivity index (χ2v) is 4.66. The van der Waals surface area contributed by atoms with Gasteiger partial charge in [-0.15, -0.1) is 0 Å². The Morgan fingerprint density at radius 2 is 1.78 bits per heavy atom. The van der Waals surface area contributed by atoms with Crippen LogP contribution in [0.4, 0.5) is 13.2 Å². The maximum absolute atomic E-state index is 13.3. The summed E-state index contributed by atoms with van der Waals surface area (Å²) in [4.78, 5) is 7.28. The Hall–Kier alpha value is -2.83. The molecule has 7 heteroatoms. The van der Waals surface area contributed by atoms with Crippen LogP contribution in [0.15, 0.2) is 65.5 Å². The first-order valence-electron chi connectivity index (χ1n) is 6.68. The quantitative estimate of drug-likeness (QED) is 0.714. The summed E-state index contributed by atoms with van der Waals surface area (Å²) in [6.45, 7) is 0. The monoisotopic (exact) mass is 320 g/mol. The smallest absolute Gasteiger partial charge is 0.432 e. The number of rotatable bonds is 4. The predicted octanol–water partition coefficient (Wildman–Crippen LogP) is 4.42. The van der Waals surface area contributed by atoms with Gasteiger partial charge in [-0.05, 0) is 12.1 Å². The van der Waals surface area contributed by atoms with E-state index in [9.17, 15) is 13.2 Å². The Kier molecular flexibility index (Phi) is 4.01. The number of hydrogen-bond donors (Lipinski definition) is 0. The van der Waals surface area contributed by atoms with E-state index in [2.05, 4.69) is 9.97 Å². The van der Waals surface area contributed by atoms with Crippen molar-refractivity contribution in [2.24, 2.45) is 0 Å². The Morgan fingerprint density at radius 1 is 1.00 bits per heavy atom. The Balaban J connectivity index is 1.91. The Morgan fingerprint density at radius 3 is 2.43 bits per heavy atom. The molecule has 1 unspecified atom stereocenters. The van der Waals surface area contributed by atoms with Crippen molar-refractivity contribution in [3.05, 3.63) is 66.8 Å². The number of hydrogen-bond acceptors (Lipinski definition) is 4. The third kappa shape index (κ3) is 3.50. The second kappa shape index (κ2) is 6.12. The lowest BCUT2D eigenvalue weighted by Gasteiger charge is -2.19. The summed E-state index contributed by atoms with van der Waals surface area (Å²) < 4.78 is 50.1. The van der Waals surface area contributed by atoms with E-state index in [0.717, 1.165) is 6.33 Å². The largest absolute Gasteiger partial charge is 0.457 e. The lowest BCUT2D eigenvalue weighted by Crippen LogP contribution is -2.26. The highest BCUT2D eigenvalue weighted by atomic mass is 19.4. The summed E-state index contributed by atoms with van der Waals surface area (Å²) in [6.07, 6.45) is -4.47. The van der Waals surface area contributed by atoms with Crippen molar-refractivity contribution in [3.63, 3.8) is 0 Å². The second-order valence-electron chi connectivity index (χ2n) is 4.66. The van der Waals surface area contributed by atoms with Crippen LogP contribution in [0, 0.1) is 0 Å². The molecular formula is C16H11F3N2O2. The first kappa shape index (κ1) is 15.1. The molecule has 0 saturated heterocycles. The van der Waals surface area contributed by atoms with Gasteiger partial charge in [0.1, 0.15) is 12.1 Å². The van der Waals surface area contributed by atoms with Crippen LogP contribution in [0.2, 0.25) is 0 Å². The lowest BCUT2D eigenvalue weighted by molar-refractivity contribution is -0.203. The minimum atomic E-state index is -4.64. The van der Waals surface area contributed by atoms with Crippen LogP contribution in [-0.2, 0) is 0 Å². The molecule has 0 fully saturated rings. The fourth-order valence-electron chi connectivity index (χ4n) is 2.01. The average Bonchev–Trinajstić information content (AvgIpc) is 3.03. The normalized spacial score (nSPS) is 12.8. The third-order valence-corrected chi connectivity index (χ3v) is 3.03. The number of halogens is 3. The van der Waals surface area contributed by atoms with Gasteiger partial charge in [0, 0.05) is 17.8 Å². The lowest BCUT2D eigenvalue weighted by atomic mass is 10.2. The summed E-state index contributed by atoms with van der Waals surface area (Å²) in [5, 5.41) is 0. The van der Waals surface area contributed by atoms with Gasteiger partial charge in [-0.3, -0.25) is 0 Å². The van der Waals surface area contributed by atoms with E-state index in [1.165, 1.54) is 24.4 Å². The van der Waals surface area contributed by atoms with Gasteiger partial charge >= 0.3 is 6.18 Å². The van der Waals surface area contributed by atoms with Crippen LogP contribution >= 0.6 is 0 Å². The molecule has 0 aliphatic heterocycles. The van der Waals surface area contributed by atoms with E-state index in [0.29, 0.717) is 11.3 Å². The molecule has 0 aliphatic rings. The van der Waals surface area contributed by atoms with Crippen LogP contribution in [0.3, 0.4) is 0 Å². The molecule has 0 spiro atoms. The molecule has 4 nitrogen and oxygen atoms in total. The summed E-state index contributed by atoms with van der Waals surface area (Å²) in [5.41, 5.74) is 0.682. The van der Waals surface area contributed by atoms with E-state index in [4.69, 9.17) is 9.15 Å². The summed E-state index contributed by atoms with van der Waals surface area (Å²) in [7, 11) is 0. The third-order valence-electron chi connectivity index (χ3n) is 3.03. The zero-order valence-corrected chi connectivity index (χ0v) is 11.7. The molecule has 118 valence electrons.